The van der Waals surface area contributed by atoms with E-state index in [1.54, 1.807) is 0 Å². The number of amidine groups is 2. The molecular formula is C48H30N4O2. The number of para-hydroxylation sites is 1. The predicted octanol–water partition coefficient (Wildman–Crippen LogP) is 11.9. The Morgan fingerprint density at radius 2 is 1.09 bits per heavy atom. The first kappa shape index (κ1) is 30.3. The summed E-state index contributed by atoms with van der Waals surface area (Å²) >= 11 is 0. The van der Waals surface area contributed by atoms with Crippen LogP contribution in [0.4, 0.5) is 0 Å². The van der Waals surface area contributed by atoms with E-state index >= 15 is 0 Å². The molecule has 0 radical (unpaired) electrons. The van der Waals surface area contributed by atoms with Crippen LogP contribution in [-0.4, -0.2) is 16.7 Å². The zero-order valence-corrected chi connectivity index (χ0v) is 28.9. The number of pyridine rings is 1. The van der Waals surface area contributed by atoms with Crippen LogP contribution in [0.2, 0.25) is 0 Å². The van der Waals surface area contributed by atoms with Crippen molar-refractivity contribution in [1.82, 2.24) is 10.3 Å². The van der Waals surface area contributed by atoms with Gasteiger partial charge in [-0.2, -0.15) is 0 Å². The van der Waals surface area contributed by atoms with Gasteiger partial charge in [-0.3, -0.25) is 4.98 Å². The van der Waals surface area contributed by atoms with Crippen LogP contribution in [-0.2, 0) is 0 Å². The summed E-state index contributed by atoms with van der Waals surface area (Å²) in [5.74, 6) is 1.39. The number of benzene rings is 7. The Labute approximate surface area is 309 Å². The highest BCUT2D eigenvalue weighted by Gasteiger charge is 2.25. The van der Waals surface area contributed by atoms with E-state index in [0.717, 1.165) is 99.6 Å². The molecule has 3 aromatic heterocycles. The van der Waals surface area contributed by atoms with Crippen LogP contribution in [0.1, 0.15) is 22.9 Å². The Bertz CT molecular complexity index is 3150. The standard InChI is InChI=1S/C48H30N4O2/c1-2-12-29(13-3-1)30-14-6-15-31(28-30)46-50-47(52-48(51-46)38-22-10-24-40-43(38)37-16-4-5-23-39(37)53-40)36-21-8-17-32-33(18-7-19-34(32)36)35-20-9-25-41-44(35)45-42(54-41)26-11-27-49-45/h1-28,46H,(H,50,51,52). The maximum atomic E-state index is 6.31. The Hall–Kier alpha value is -7.31. The van der Waals surface area contributed by atoms with Crippen LogP contribution in [0.15, 0.2) is 189 Å². The average Bonchev–Trinajstić information content (AvgIpc) is 3.82. The maximum Gasteiger partial charge on any atom is 0.160 e. The molecule has 10 aromatic rings. The van der Waals surface area contributed by atoms with Gasteiger partial charge in [0.25, 0.3) is 0 Å². The summed E-state index contributed by atoms with van der Waals surface area (Å²) in [4.78, 5) is 15.4. The first-order chi connectivity index (χ1) is 26.8. The van der Waals surface area contributed by atoms with Gasteiger partial charge in [0, 0.05) is 28.1 Å². The minimum absolute atomic E-state index is 0.403. The molecule has 0 spiro atoms. The topological polar surface area (TPSA) is 75.9 Å². The van der Waals surface area contributed by atoms with Crippen molar-refractivity contribution in [3.8, 4) is 22.3 Å². The Morgan fingerprint density at radius 1 is 0.463 bits per heavy atom. The second-order valence-electron chi connectivity index (χ2n) is 13.6. The van der Waals surface area contributed by atoms with Crippen LogP contribution < -0.4 is 5.32 Å². The van der Waals surface area contributed by atoms with E-state index in [2.05, 4.69) is 108 Å². The van der Waals surface area contributed by atoms with E-state index in [-0.39, 0.29) is 0 Å². The zero-order valence-electron chi connectivity index (χ0n) is 28.9. The van der Waals surface area contributed by atoms with E-state index in [4.69, 9.17) is 23.8 Å². The van der Waals surface area contributed by atoms with Gasteiger partial charge in [0.05, 0.1) is 5.39 Å². The molecule has 1 aliphatic heterocycles. The monoisotopic (exact) mass is 694 g/mol. The maximum absolute atomic E-state index is 6.31. The fourth-order valence-corrected chi connectivity index (χ4v) is 7.97. The quantitative estimate of drug-likeness (QED) is 0.195. The lowest BCUT2D eigenvalue weighted by Crippen LogP contribution is -2.33. The van der Waals surface area contributed by atoms with Gasteiger partial charge in [-0.05, 0) is 75.0 Å². The summed E-state index contributed by atoms with van der Waals surface area (Å²) in [5.41, 5.74) is 11.5. The Balaban J connectivity index is 1.11. The molecule has 4 heterocycles. The van der Waals surface area contributed by atoms with Gasteiger partial charge in [-0.25, -0.2) is 9.98 Å². The zero-order chi connectivity index (χ0) is 35.6. The summed E-state index contributed by atoms with van der Waals surface area (Å²) in [6.45, 7) is 0. The summed E-state index contributed by atoms with van der Waals surface area (Å²) < 4.78 is 12.5. The lowest BCUT2D eigenvalue weighted by molar-refractivity contribution is 0.668. The van der Waals surface area contributed by atoms with Crippen molar-refractivity contribution in [3.05, 3.63) is 187 Å². The average molecular weight is 695 g/mol. The molecule has 0 saturated heterocycles. The molecule has 6 nitrogen and oxygen atoms in total. The highest BCUT2D eigenvalue weighted by Crippen LogP contribution is 2.40. The number of furan rings is 2. The van der Waals surface area contributed by atoms with Crippen LogP contribution in [0.3, 0.4) is 0 Å². The van der Waals surface area contributed by atoms with Gasteiger partial charge in [-0.15, -0.1) is 0 Å². The van der Waals surface area contributed by atoms with Crippen molar-refractivity contribution in [3.63, 3.8) is 0 Å². The van der Waals surface area contributed by atoms with E-state index < -0.39 is 6.17 Å². The van der Waals surface area contributed by atoms with Crippen molar-refractivity contribution in [2.45, 2.75) is 6.17 Å². The number of rotatable bonds is 5. The molecule has 54 heavy (non-hydrogen) atoms. The number of hydrogen-bond donors (Lipinski definition) is 1. The largest absolute Gasteiger partial charge is 0.456 e. The third-order valence-corrected chi connectivity index (χ3v) is 10.4. The molecule has 1 atom stereocenters. The van der Waals surface area contributed by atoms with E-state index in [1.807, 2.05) is 66.9 Å². The molecule has 0 aliphatic carbocycles. The molecule has 1 N–H and O–H groups in total. The molecule has 0 amide bonds. The molecule has 254 valence electrons. The third-order valence-electron chi connectivity index (χ3n) is 10.4. The van der Waals surface area contributed by atoms with E-state index in [1.165, 1.54) is 0 Å². The van der Waals surface area contributed by atoms with Gasteiger partial charge in [-0.1, -0.05) is 127 Å². The highest BCUT2D eigenvalue weighted by molar-refractivity contribution is 6.24. The molecular weight excluding hydrogens is 665 g/mol. The molecule has 7 aromatic carbocycles. The third kappa shape index (κ3) is 4.85. The summed E-state index contributed by atoms with van der Waals surface area (Å²) in [6, 6.07) is 56.3. The number of hydrogen-bond acceptors (Lipinski definition) is 6. The lowest BCUT2D eigenvalue weighted by Gasteiger charge is -2.25. The normalized spacial score (nSPS) is 14.5. The minimum Gasteiger partial charge on any atom is -0.456 e. The first-order valence-corrected chi connectivity index (χ1v) is 18.0. The van der Waals surface area contributed by atoms with Crippen molar-refractivity contribution in [2.24, 2.45) is 9.98 Å². The first-order valence-electron chi connectivity index (χ1n) is 18.0. The van der Waals surface area contributed by atoms with Crippen molar-refractivity contribution >= 4 is 66.5 Å². The van der Waals surface area contributed by atoms with Crippen LogP contribution in [0.25, 0.3) is 77.0 Å². The summed E-state index contributed by atoms with van der Waals surface area (Å²) in [6.07, 6.45) is 1.42. The number of aliphatic imine (C=N–C) groups is 2. The molecule has 0 fully saturated rings. The van der Waals surface area contributed by atoms with Crippen molar-refractivity contribution in [1.29, 1.82) is 0 Å². The molecule has 11 rings (SSSR count). The molecule has 1 unspecified atom stereocenters. The smallest absolute Gasteiger partial charge is 0.160 e. The fourth-order valence-electron chi connectivity index (χ4n) is 7.97. The molecule has 1 aliphatic rings. The predicted molar refractivity (Wildman–Crippen MR) is 219 cm³/mol. The van der Waals surface area contributed by atoms with E-state index in [9.17, 15) is 0 Å². The molecule has 0 bridgehead atoms. The van der Waals surface area contributed by atoms with Crippen LogP contribution in [0.5, 0.6) is 0 Å². The second-order valence-corrected chi connectivity index (χ2v) is 13.6. The number of aromatic nitrogens is 1. The Morgan fingerprint density at radius 3 is 1.98 bits per heavy atom. The minimum atomic E-state index is -0.403. The molecule has 0 saturated carbocycles. The van der Waals surface area contributed by atoms with Gasteiger partial charge in [0.1, 0.15) is 34.3 Å². The number of nitrogens with zero attached hydrogens (tertiary/aromatic N) is 3. The lowest BCUT2D eigenvalue weighted by atomic mass is 9.93. The highest BCUT2D eigenvalue weighted by atomic mass is 16.3. The van der Waals surface area contributed by atoms with Gasteiger partial charge < -0.3 is 14.2 Å². The fraction of sp³-hybridized carbons (Fsp3) is 0.0208. The number of nitrogens with one attached hydrogen (secondary N) is 1. The van der Waals surface area contributed by atoms with Crippen LogP contribution in [0, 0.1) is 0 Å². The second kappa shape index (κ2) is 12.1. The number of fused-ring (bicyclic) bond motifs is 7. The van der Waals surface area contributed by atoms with Gasteiger partial charge >= 0.3 is 0 Å². The SMILES string of the molecule is c1ccc(-c2cccc(C3N=C(c4cccc5oc6ccccc6c45)N=C(c4cccc5c(-c6cccc7oc8cccnc8c67)cccc45)N3)c2)cc1. The van der Waals surface area contributed by atoms with E-state index in [0.29, 0.717) is 5.84 Å². The van der Waals surface area contributed by atoms with Gasteiger partial charge in [0.15, 0.2) is 11.4 Å². The molecule has 6 heteroatoms. The van der Waals surface area contributed by atoms with Gasteiger partial charge in [0.2, 0.25) is 0 Å². The van der Waals surface area contributed by atoms with Crippen molar-refractivity contribution in [2.75, 3.05) is 0 Å². The summed E-state index contributed by atoms with van der Waals surface area (Å²) in [5, 5.41) is 8.98. The summed E-state index contributed by atoms with van der Waals surface area (Å²) in [7, 11) is 0. The Kier molecular flexibility index (Phi) is 6.82. The van der Waals surface area contributed by atoms with Crippen molar-refractivity contribution < 1.29 is 8.83 Å². The van der Waals surface area contributed by atoms with Crippen LogP contribution >= 0.6 is 0 Å².